The minimum absolute atomic E-state index is 0.0602. The van der Waals surface area contributed by atoms with Crippen molar-refractivity contribution in [3.63, 3.8) is 0 Å². The standard InChI is InChI=1S/C21H17BrFNO2/c22-14-7-9-16(10-8-14)24-18-5-2-6-19(25)21(18)17(12-20(24)26)13-3-1-4-15(23)11-13/h1,3-4,7-11,17H,2,5-6,12H2. The van der Waals surface area contributed by atoms with Gasteiger partial charge in [-0.05, 0) is 54.8 Å². The SMILES string of the molecule is O=C1CCCC2=C1C(c1cccc(F)c1)CC(=O)N2c1ccc(Br)cc1. The number of ketones is 1. The molecule has 1 amide bonds. The van der Waals surface area contributed by atoms with E-state index < -0.39 is 0 Å². The zero-order valence-electron chi connectivity index (χ0n) is 14.0. The van der Waals surface area contributed by atoms with E-state index in [0.29, 0.717) is 24.0 Å². The van der Waals surface area contributed by atoms with Crippen LogP contribution in [0.3, 0.4) is 0 Å². The van der Waals surface area contributed by atoms with Gasteiger partial charge < -0.3 is 0 Å². The fourth-order valence-electron chi connectivity index (χ4n) is 3.89. The average molecular weight is 414 g/mol. The van der Waals surface area contributed by atoms with Crippen LogP contribution in [-0.4, -0.2) is 11.7 Å². The summed E-state index contributed by atoms with van der Waals surface area (Å²) in [6.45, 7) is 0. The van der Waals surface area contributed by atoms with E-state index in [9.17, 15) is 14.0 Å². The quantitative estimate of drug-likeness (QED) is 0.685. The highest BCUT2D eigenvalue weighted by Gasteiger charge is 2.39. The second-order valence-corrected chi connectivity index (χ2v) is 7.57. The van der Waals surface area contributed by atoms with E-state index in [-0.39, 0.29) is 29.8 Å². The first-order chi connectivity index (χ1) is 12.5. The summed E-state index contributed by atoms with van der Waals surface area (Å²) in [4.78, 5) is 27.4. The Bertz CT molecular complexity index is 920. The molecule has 26 heavy (non-hydrogen) atoms. The lowest BCUT2D eigenvalue weighted by molar-refractivity contribution is -0.119. The van der Waals surface area contributed by atoms with Gasteiger partial charge in [0.05, 0.1) is 0 Å². The fraction of sp³-hybridized carbons (Fsp3) is 0.238. The summed E-state index contributed by atoms with van der Waals surface area (Å²) in [5, 5.41) is 0. The van der Waals surface area contributed by atoms with Gasteiger partial charge in [0, 0.05) is 40.2 Å². The Hall–Kier alpha value is -2.27. The van der Waals surface area contributed by atoms with Crippen LogP contribution in [0.5, 0.6) is 0 Å². The first-order valence-corrected chi connectivity index (χ1v) is 9.44. The Kier molecular flexibility index (Phi) is 4.49. The molecule has 5 heteroatoms. The summed E-state index contributed by atoms with van der Waals surface area (Å²) in [6.07, 6.45) is 2.06. The van der Waals surface area contributed by atoms with Crippen LogP contribution in [0.1, 0.15) is 37.2 Å². The summed E-state index contributed by atoms with van der Waals surface area (Å²) in [6, 6.07) is 13.7. The van der Waals surface area contributed by atoms with Crippen molar-refractivity contribution in [1.29, 1.82) is 0 Å². The minimum Gasteiger partial charge on any atom is -0.294 e. The number of anilines is 1. The number of hydrogen-bond acceptors (Lipinski definition) is 2. The second-order valence-electron chi connectivity index (χ2n) is 6.65. The van der Waals surface area contributed by atoms with Crippen molar-refractivity contribution >= 4 is 33.3 Å². The first kappa shape index (κ1) is 17.2. The normalized spacial score (nSPS) is 20.4. The van der Waals surface area contributed by atoms with Crippen LogP contribution in [0.4, 0.5) is 10.1 Å². The number of halogens is 2. The zero-order chi connectivity index (χ0) is 18.3. The maximum Gasteiger partial charge on any atom is 0.232 e. The molecule has 1 unspecified atom stereocenters. The third-order valence-electron chi connectivity index (χ3n) is 5.01. The third kappa shape index (κ3) is 3.01. The van der Waals surface area contributed by atoms with Crippen LogP contribution in [0.2, 0.25) is 0 Å². The van der Waals surface area contributed by atoms with Crippen molar-refractivity contribution in [2.45, 2.75) is 31.6 Å². The van der Waals surface area contributed by atoms with Crippen molar-refractivity contribution in [1.82, 2.24) is 0 Å². The molecule has 0 bridgehead atoms. The third-order valence-corrected chi connectivity index (χ3v) is 5.54. The minimum atomic E-state index is -0.368. The molecule has 0 radical (unpaired) electrons. The Morgan fingerprint density at radius 3 is 2.54 bits per heavy atom. The summed E-state index contributed by atoms with van der Waals surface area (Å²) in [7, 11) is 0. The van der Waals surface area contributed by atoms with Gasteiger partial charge in [-0.2, -0.15) is 0 Å². The number of nitrogens with zero attached hydrogens (tertiary/aromatic N) is 1. The number of allylic oxidation sites excluding steroid dienone is 2. The molecule has 2 aromatic rings. The van der Waals surface area contributed by atoms with Gasteiger partial charge in [-0.25, -0.2) is 4.39 Å². The molecule has 132 valence electrons. The highest BCUT2D eigenvalue weighted by atomic mass is 79.9. The number of hydrogen-bond donors (Lipinski definition) is 0. The zero-order valence-corrected chi connectivity index (χ0v) is 15.6. The number of rotatable bonds is 2. The molecule has 0 saturated carbocycles. The molecule has 1 aliphatic heterocycles. The molecule has 1 atom stereocenters. The molecule has 3 nitrogen and oxygen atoms in total. The lowest BCUT2D eigenvalue weighted by atomic mass is 9.77. The van der Waals surface area contributed by atoms with Crippen molar-refractivity contribution in [2.75, 3.05) is 4.90 Å². The van der Waals surface area contributed by atoms with Crippen molar-refractivity contribution in [2.24, 2.45) is 0 Å². The molecular formula is C21H17BrFNO2. The maximum absolute atomic E-state index is 13.7. The van der Waals surface area contributed by atoms with Gasteiger partial charge in [0.1, 0.15) is 5.82 Å². The molecule has 0 aromatic heterocycles. The van der Waals surface area contributed by atoms with Gasteiger partial charge in [-0.1, -0.05) is 28.1 Å². The molecule has 4 rings (SSSR count). The average Bonchev–Trinajstić information content (AvgIpc) is 2.62. The van der Waals surface area contributed by atoms with Gasteiger partial charge in [0.2, 0.25) is 5.91 Å². The number of benzene rings is 2. The van der Waals surface area contributed by atoms with Gasteiger partial charge in [0.15, 0.2) is 5.78 Å². The van der Waals surface area contributed by atoms with Crippen molar-refractivity contribution in [3.05, 3.63) is 75.7 Å². The van der Waals surface area contributed by atoms with Crippen LogP contribution in [0, 0.1) is 5.82 Å². The molecule has 1 heterocycles. The summed E-state index contributed by atoms with van der Waals surface area (Å²) in [5.74, 6) is -0.714. The van der Waals surface area contributed by atoms with E-state index in [1.165, 1.54) is 12.1 Å². The van der Waals surface area contributed by atoms with E-state index >= 15 is 0 Å². The molecule has 2 aliphatic rings. The van der Waals surface area contributed by atoms with Crippen LogP contribution < -0.4 is 4.90 Å². The topological polar surface area (TPSA) is 37.4 Å². The number of Topliss-reactive ketones (excluding diaryl/α,β-unsaturated/α-hetero) is 1. The van der Waals surface area contributed by atoms with Gasteiger partial charge in [0.25, 0.3) is 0 Å². The van der Waals surface area contributed by atoms with Crippen LogP contribution >= 0.6 is 15.9 Å². The van der Waals surface area contributed by atoms with Crippen LogP contribution in [0.25, 0.3) is 0 Å². The molecule has 0 saturated heterocycles. The highest BCUT2D eigenvalue weighted by molar-refractivity contribution is 9.10. The molecule has 1 aliphatic carbocycles. The molecular weight excluding hydrogens is 397 g/mol. The van der Waals surface area contributed by atoms with Crippen molar-refractivity contribution < 1.29 is 14.0 Å². The largest absolute Gasteiger partial charge is 0.294 e. The Balaban J connectivity index is 1.85. The smallest absolute Gasteiger partial charge is 0.232 e. The Morgan fingerprint density at radius 1 is 1.04 bits per heavy atom. The molecule has 0 N–H and O–H groups in total. The summed E-state index contributed by atoms with van der Waals surface area (Å²) >= 11 is 3.40. The number of carbonyl (C=O) groups is 2. The molecule has 0 spiro atoms. The number of carbonyl (C=O) groups excluding carboxylic acids is 2. The second kappa shape index (κ2) is 6.80. The van der Waals surface area contributed by atoms with E-state index in [0.717, 1.165) is 22.3 Å². The molecule has 2 aromatic carbocycles. The molecule has 0 fully saturated rings. The summed E-state index contributed by atoms with van der Waals surface area (Å²) in [5.41, 5.74) is 2.90. The fourth-order valence-corrected chi connectivity index (χ4v) is 4.16. The maximum atomic E-state index is 13.7. The summed E-state index contributed by atoms with van der Waals surface area (Å²) < 4.78 is 14.6. The highest BCUT2D eigenvalue weighted by Crippen LogP contribution is 2.43. The lowest BCUT2D eigenvalue weighted by Gasteiger charge is -2.38. The lowest BCUT2D eigenvalue weighted by Crippen LogP contribution is -2.40. The Labute approximate surface area is 159 Å². The predicted octanol–water partition coefficient (Wildman–Crippen LogP) is 5.12. The van der Waals surface area contributed by atoms with Crippen LogP contribution in [0.15, 0.2) is 64.3 Å². The Morgan fingerprint density at radius 2 is 1.81 bits per heavy atom. The van der Waals surface area contributed by atoms with Crippen molar-refractivity contribution in [3.8, 4) is 0 Å². The van der Waals surface area contributed by atoms with E-state index in [2.05, 4.69) is 15.9 Å². The predicted molar refractivity (Wildman–Crippen MR) is 101 cm³/mol. The van der Waals surface area contributed by atoms with Crippen LogP contribution in [-0.2, 0) is 9.59 Å². The van der Waals surface area contributed by atoms with E-state index in [1.54, 1.807) is 17.0 Å². The first-order valence-electron chi connectivity index (χ1n) is 8.65. The van der Waals surface area contributed by atoms with Gasteiger partial charge in [-0.3, -0.25) is 14.5 Å². The van der Waals surface area contributed by atoms with E-state index in [4.69, 9.17) is 0 Å². The monoisotopic (exact) mass is 413 g/mol. The van der Waals surface area contributed by atoms with E-state index in [1.807, 2.05) is 24.3 Å². The van der Waals surface area contributed by atoms with Gasteiger partial charge in [-0.15, -0.1) is 0 Å². The number of amides is 1. The van der Waals surface area contributed by atoms with Gasteiger partial charge >= 0.3 is 0 Å².